The molecule has 1 amide bonds. The highest BCUT2D eigenvalue weighted by molar-refractivity contribution is 6.43. The molecule has 0 spiro atoms. The van der Waals surface area contributed by atoms with Crippen LogP contribution < -0.4 is 5.32 Å². The summed E-state index contributed by atoms with van der Waals surface area (Å²) < 4.78 is 42.6. The molecule has 2 aromatic heterocycles. The van der Waals surface area contributed by atoms with Crippen LogP contribution in [0, 0.1) is 13.8 Å². The Labute approximate surface area is 199 Å². The Morgan fingerprint density at radius 3 is 2.49 bits per heavy atom. The Kier molecular flexibility index (Phi) is 6.23. The third kappa shape index (κ3) is 4.43. The minimum atomic E-state index is -4.52. The van der Waals surface area contributed by atoms with Crippen molar-refractivity contribution in [3.05, 3.63) is 76.9 Å². The van der Waals surface area contributed by atoms with Crippen molar-refractivity contribution in [2.45, 2.75) is 46.5 Å². The third-order valence-electron chi connectivity index (χ3n) is 5.88. The molecular weight excluding hydrogens is 459 g/mol. The molecule has 35 heavy (non-hydrogen) atoms. The number of aryl methyl sites for hydroxylation is 2. The molecule has 0 fully saturated rings. The maximum absolute atomic E-state index is 13.1. The number of aromatic nitrogens is 4. The van der Waals surface area contributed by atoms with Crippen molar-refractivity contribution in [2.24, 2.45) is 0 Å². The van der Waals surface area contributed by atoms with Gasteiger partial charge in [0, 0.05) is 6.54 Å². The number of nitrogens with one attached hydrogen (secondary N) is 1. The van der Waals surface area contributed by atoms with Crippen LogP contribution in [-0.4, -0.2) is 31.0 Å². The highest BCUT2D eigenvalue weighted by Gasteiger charge is 2.31. The number of hydrogen-bond acceptors (Lipinski definition) is 4. The monoisotopic (exact) mass is 483 g/mol. The first-order chi connectivity index (χ1) is 16.5. The number of amides is 1. The summed E-state index contributed by atoms with van der Waals surface area (Å²) in [7, 11) is 0. The smallest absolute Gasteiger partial charge is 0.340 e. The van der Waals surface area contributed by atoms with Crippen LogP contribution in [0.2, 0.25) is 0 Å². The lowest BCUT2D eigenvalue weighted by Crippen LogP contribution is -2.34. The fraction of sp³-hybridized carbons (Fsp3) is 0.280. The number of para-hydroxylation sites is 2. The van der Waals surface area contributed by atoms with Gasteiger partial charge in [-0.2, -0.15) is 18.3 Å². The quantitative estimate of drug-likeness (QED) is 0.311. The Hall–Kier alpha value is -3.95. The van der Waals surface area contributed by atoms with Gasteiger partial charge in [0.25, 0.3) is 11.7 Å². The van der Waals surface area contributed by atoms with E-state index in [1.54, 1.807) is 13.8 Å². The molecule has 182 valence electrons. The van der Waals surface area contributed by atoms with E-state index in [9.17, 15) is 22.8 Å². The summed E-state index contributed by atoms with van der Waals surface area (Å²) in [5.41, 5.74) is 1.59. The van der Waals surface area contributed by atoms with Crippen LogP contribution in [0.25, 0.3) is 16.7 Å². The summed E-state index contributed by atoms with van der Waals surface area (Å²) in [4.78, 5) is 30.6. The minimum Gasteiger partial charge on any atom is -0.340 e. The molecule has 1 N–H and O–H groups in total. The van der Waals surface area contributed by atoms with Crippen LogP contribution in [0.4, 0.5) is 13.2 Å². The van der Waals surface area contributed by atoms with Crippen LogP contribution in [-0.2, 0) is 17.5 Å². The predicted molar refractivity (Wildman–Crippen MR) is 124 cm³/mol. The Bertz CT molecular complexity index is 1430. The number of imidazole rings is 1. The van der Waals surface area contributed by atoms with Gasteiger partial charge in [-0.3, -0.25) is 9.59 Å². The number of rotatable bonds is 6. The number of carbonyl (C=O) groups excluding carboxylic acids is 2. The molecule has 2 heterocycles. The first-order valence-corrected chi connectivity index (χ1v) is 11.1. The van der Waals surface area contributed by atoms with Crippen LogP contribution in [0.3, 0.4) is 0 Å². The molecule has 0 bridgehead atoms. The van der Waals surface area contributed by atoms with E-state index in [4.69, 9.17) is 0 Å². The molecular formula is C25H24F3N5O2. The van der Waals surface area contributed by atoms with Crippen molar-refractivity contribution in [3.8, 4) is 5.69 Å². The first-order valence-electron chi connectivity index (χ1n) is 11.1. The highest BCUT2D eigenvalue weighted by atomic mass is 19.4. The lowest BCUT2D eigenvalue weighted by atomic mass is 10.1. The number of halogens is 3. The summed E-state index contributed by atoms with van der Waals surface area (Å²) in [6, 6.07) is 11.7. The Morgan fingerprint density at radius 2 is 1.80 bits per heavy atom. The number of ketones is 1. The molecule has 0 saturated carbocycles. The molecule has 0 aliphatic rings. The molecule has 1 atom stereocenters. The number of nitrogens with zero attached hydrogens (tertiary/aromatic N) is 4. The van der Waals surface area contributed by atoms with Crippen LogP contribution >= 0.6 is 0 Å². The molecule has 10 heteroatoms. The van der Waals surface area contributed by atoms with Gasteiger partial charge in [0.2, 0.25) is 0 Å². The maximum Gasteiger partial charge on any atom is 0.416 e. The molecule has 4 aromatic rings. The van der Waals surface area contributed by atoms with E-state index in [2.05, 4.69) is 15.4 Å². The van der Waals surface area contributed by atoms with Crippen molar-refractivity contribution in [1.82, 2.24) is 24.6 Å². The van der Waals surface area contributed by atoms with E-state index in [0.29, 0.717) is 12.4 Å². The second kappa shape index (κ2) is 9.01. The fourth-order valence-electron chi connectivity index (χ4n) is 4.23. The number of hydrogen-bond donors (Lipinski definition) is 1. The van der Waals surface area contributed by atoms with E-state index in [1.165, 1.54) is 23.7 Å². The molecule has 0 aliphatic carbocycles. The van der Waals surface area contributed by atoms with Crippen LogP contribution in [0.1, 0.15) is 53.0 Å². The largest absolute Gasteiger partial charge is 0.416 e. The third-order valence-corrected chi connectivity index (χ3v) is 5.88. The Balaban J connectivity index is 1.61. The van der Waals surface area contributed by atoms with Gasteiger partial charge in [-0.15, -0.1) is 0 Å². The van der Waals surface area contributed by atoms with Gasteiger partial charge in [0.1, 0.15) is 5.82 Å². The molecule has 1 unspecified atom stereocenters. The zero-order valence-corrected chi connectivity index (χ0v) is 19.6. The van der Waals surface area contributed by atoms with Gasteiger partial charge in [0.05, 0.1) is 45.3 Å². The van der Waals surface area contributed by atoms with Crippen molar-refractivity contribution in [3.63, 3.8) is 0 Å². The van der Waals surface area contributed by atoms with Crippen LogP contribution in [0.15, 0.2) is 48.5 Å². The second-order valence-electron chi connectivity index (χ2n) is 8.23. The molecule has 0 radical (unpaired) electrons. The van der Waals surface area contributed by atoms with Crippen LogP contribution in [0.5, 0.6) is 0 Å². The average Bonchev–Trinajstić information content (AvgIpc) is 3.34. The predicted octanol–water partition coefficient (Wildman–Crippen LogP) is 4.94. The SMILES string of the molecule is CCn1c(C(C)NC(=O)C(=O)c2c(C)nn(-c3cccc(C(F)(F)F)c3)c2C)nc2ccccc21. The normalized spacial score (nSPS) is 12.7. The molecule has 0 aliphatic heterocycles. The number of Topliss-reactive ketones (excluding diaryl/α,β-unsaturated/α-hetero) is 1. The summed E-state index contributed by atoms with van der Waals surface area (Å²) in [5, 5.41) is 6.94. The van der Waals surface area contributed by atoms with E-state index in [0.717, 1.165) is 23.2 Å². The van der Waals surface area contributed by atoms with Crippen molar-refractivity contribution in [2.75, 3.05) is 0 Å². The Morgan fingerprint density at radius 1 is 1.09 bits per heavy atom. The summed E-state index contributed by atoms with van der Waals surface area (Å²) >= 11 is 0. The van der Waals surface area contributed by atoms with Crippen molar-refractivity contribution >= 4 is 22.7 Å². The first kappa shape index (κ1) is 24.2. The van der Waals surface area contributed by atoms with Gasteiger partial charge in [-0.25, -0.2) is 9.67 Å². The van der Waals surface area contributed by atoms with Crippen molar-refractivity contribution in [1.29, 1.82) is 0 Å². The van der Waals surface area contributed by atoms with Gasteiger partial charge in [0.15, 0.2) is 0 Å². The number of alkyl halides is 3. The zero-order valence-electron chi connectivity index (χ0n) is 19.6. The minimum absolute atomic E-state index is 0.0520. The highest BCUT2D eigenvalue weighted by Crippen LogP contribution is 2.31. The summed E-state index contributed by atoms with van der Waals surface area (Å²) in [6.45, 7) is 7.42. The number of fused-ring (bicyclic) bond motifs is 1. The molecule has 2 aromatic carbocycles. The lowest BCUT2D eigenvalue weighted by Gasteiger charge is -2.15. The maximum atomic E-state index is 13.1. The topological polar surface area (TPSA) is 81.8 Å². The second-order valence-corrected chi connectivity index (χ2v) is 8.23. The van der Waals surface area contributed by atoms with E-state index in [1.807, 2.05) is 35.8 Å². The standard InChI is InChI=1S/C25H24F3N5O2/c1-5-32-20-12-7-6-11-19(20)30-23(32)15(3)29-24(35)22(34)21-14(2)31-33(16(21)4)18-10-8-9-17(13-18)25(26,27)28/h6-13,15H,5H2,1-4H3,(H,29,35). The molecule has 4 rings (SSSR count). The molecule has 7 nitrogen and oxygen atoms in total. The fourth-order valence-corrected chi connectivity index (χ4v) is 4.23. The summed E-state index contributed by atoms with van der Waals surface area (Å²) in [6.07, 6.45) is -4.52. The van der Waals surface area contributed by atoms with E-state index >= 15 is 0 Å². The van der Waals surface area contributed by atoms with E-state index < -0.39 is 29.5 Å². The average molecular weight is 483 g/mol. The van der Waals surface area contributed by atoms with Gasteiger partial charge >= 0.3 is 6.18 Å². The van der Waals surface area contributed by atoms with Gasteiger partial charge in [-0.05, 0) is 58.0 Å². The number of carbonyl (C=O) groups is 2. The van der Waals surface area contributed by atoms with E-state index in [-0.39, 0.29) is 22.6 Å². The number of benzene rings is 2. The molecule has 0 saturated heterocycles. The van der Waals surface area contributed by atoms with Gasteiger partial charge in [-0.1, -0.05) is 18.2 Å². The zero-order chi connectivity index (χ0) is 25.5. The lowest BCUT2D eigenvalue weighted by molar-refractivity contribution is -0.137. The van der Waals surface area contributed by atoms with Gasteiger partial charge < -0.3 is 9.88 Å². The van der Waals surface area contributed by atoms with Crippen molar-refractivity contribution < 1.29 is 22.8 Å². The summed E-state index contributed by atoms with van der Waals surface area (Å²) in [5.74, 6) is -1.05.